The second kappa shape index (κ2) is 6.90. The van der Waals surface area contributed by atoms with Crippen molar-refractivity contribution in [3.8, 4) is 0 Å². The lowest BCUT2D eigenvalue weighted by Crippen LogP contribution is -2.51. The number of piperazine rings is 1. The van der Waals surface area contributed by atoms with Gasteiger partial charge in [-0.3, -0.25) is 9.69 Å². The number of amides is 1. The number of benzene rings is 1. The average Bonchev–Trinajstić information content (AvgIpc) is 2.50. The van der Waals surface area contributed by atoms with Gasteiger partial charge in [-0.05, 0) is 43.5 Å². The molecular formula is C16H22BrN3O. The van der Waals surface area contributed by atoms with Crippen molar-refractivity contribution in [3.63, 3.8) is 0 Å². The van der Waals surface area contributed by atoms with Crippen molar-refractivity contribution in [2.75, 3.05) is 32.7 Å². The van der Waals surface area contributed by atoms with Crippen LogP contribution in [-0.2, 0) is 4.79 Å². The molecule has 1 aromatic rings. The van der Waals surface area contributed by atoms with E-state index in [-0.39, 0.29) is 11.9 Å². The third-order valence-electron chi connectivity index (χ3n) is 4.46. The Kier molecular flexibility index (Phi) is 4.93. The van der Waals surface area contributed by atoms with Gasteiger partial charge in [0.2, 0.25) is 5.91 Å². The van der Waals surface area contributed by atoms with Gasteiger partial charge in [-0.1, -0.05) is 34.1 Å². The summed E-state index contributed by atoms with van der Waals surface area (Å²) in [5.74, 6) is 0.823. The SMILES string of the molecule is O=C1NCCN(CC2CCNCC2)C1c1ccccc1Br. The van der Waals surface area contributed by atoms with Crippen molar-refractivity contribution < 1.29 is 4.79 Å². The molecule has 2 aliphatic rings. The number of rotatable bonds is 3. The smallest absolute Gasteiger partial charge is 0.242 e. The summed E-state index contributed by atoms with van der Waals surface area (Å²) in [6, 6.07) is 7.90. The quantitative estimate of drug-likeness (QED) is 0.874. The normalized spacial score (nSPS) is 24.8. The molecule has 0 aromatic heterocycles. The van der Waals surface area contributed by atoms with E-state index in [1.807, 2.05) is 18.2 Å². The first-order valence-electron chi connectivity index (χ1n) is 7.72. The number of carbonyl (C=O) groups is 1. The second-order valence-electron chi connectivity index (χ2n) is 5.90. The predicted octanol–water partition coefficient (Wildman–Crippen LogP) is 1.92. The maximum Gasteiger partial charge on any atom is 0.242 e. The summed E-state index contributed by atoms with van der Waals surface area (Å²) < 4.78 is 1.02. The summed E-state index contributed by atoms with van der Waals surface area (Å²) in [5, 5.41) is 6.42. The first-order chi connectivity index (χ1) is 10.3. The van der Waals surface area contributed by atoms with Gasteiger partial charge in [0.05, 0.1) is 0 Å². The highest BCUT2D eigenvalue weighted by Gasteiger charge is 2.33. The molecule has 0 radical (unpaired) electrons. The Morgan fingerprint density at radius 2 is 1.95 bits per heavy atom. The Morgan fingerprint density at radius 1 is 1.19 bits per heavy atom. The zero-order valence-electron chi connectivity index (χ0n) is 12.1. The summed E-state index contributed by atoms with van der Waals surface area (Å²) in [4.78, 5) is 14.8. The van der Waals surface area contributed by atoms with Crippen molar-refractivity contribution in [3.05, 3.63) is 34.3 Å². The highest BCUT2D eigenvalue weighted by Crippen LogP contribution is 2.30. The first-order valence-corrected chi connectivity index (χ1v) is 8.52. The third kappa shape index (κ3) is 3.47. The van der Waals surface area contributed by atoms with Crippen LogP contribution in [0, 0.1) is 5.92 Å². The lowest BCUT2D eigenvalue weighted by atomic mass is 9.94. The minimum atomic E-state index is -0.163. The Balaban J connectivity index is 1.79. The van der Waals surface area contributed by atoms with Crippen LogP contribution in [0.25, 0.3) is 0 Å². The number of carbonyl (C=O) groups excluding carboxylic acids is 1. The molecule has 3 rings (SSSR count). The average molecular weight is 352 g/mol. The molecule has 1 atom stereocenters. The third-order valence-corrected chi connectivity index (χ3v) is 5.19. The summed E-state index contributed by atoms with van der Waals surface area (Å²) >= 11 is 3.60. The summed E-state index contributed by atoms with van der Waals surface area (Å²) in [6.07, 6.45) is 2.42. The van der Waals surface area contributed by atoms with Crippen LogP contribution in [0.4, 0.5) is 0 Å². The second-order valence-corrected chi connectivity index (χ2v) is 6.76. The minimum Gasteiger partial charge on any atom is -0.353 e. The zero-order chi connectivity index (χ0) is 14.7. The van der Waals surface area contributed by atoms with Gasteiger partial charge < -0.3 is 10.6 Å². The van der Waals surface area contributed by atoms with Crippen LogP contribution >= 0.6 is 15.9 Å². The van der Waals surface area contributed by atoms with Crippen LogP contribution in [0.2, 0.25) is 0 Å². The van der Waals surface area contributed by atoms with E-state index in [4.69, 9.17) is 0 Å². The van der Waals surface area contributed by atoms with Gasteiger partial charge in [0, 0.05) is 24.1 Å². The molecule has 1 amide bonds. The van der Waals surface area contributed by atoms with Crippen molar-refractivity contribution in [2.24, 2.45) is 5.92 Å². The molecule has 21 heavy (non-hydrogen) atoms. The summed E-state index contributed by atoms with van der Waals surface area (Å²) in [6.45, 7) is 4.91. The maximum atomic E-state index is 12.4. The number of hydrogen-bond donors (Lipinski definition) is 2. The van der Waals surface area contributed by atoms with E-state index in [0.29, 0.717) is 5.92 Å². The fourth-order valence-corrected chi connectivity index (χ4v) is 3.84. The zero-order valence-corrected chi connectivity index (χ0v) is 13.7. The van der Waals surface area contributed by atoms with Crippen LogP contribution < -0.4 is 10.6 Å². The number of piperidine rings is 1. The highest BCUT2D eigenvalue weighted by atomic mass is 79.9. The van der Waals surface area contributed by atoms with Crippen molar-refractivity contribution in [1.82, 2.24) is 15.5 Å². The number of nitrogens with one attached hydrogen (secondary N) is 2. The van der Waals surface area contributed by atoms with Gasteiger partial charge in [0.1, 0.15) is 6.04 Å². The van der Waals surface area contributed by atoms with Crippen LogP contribution in [0.1, 0.15) is 24.4 Å². The van der Waals surface area contributed by atoms with Crippen molar-refractivity contribution in [1.29, 1.82) is 0 Å². The molecule has 2 N–H and O–H groups in total. The van der Waals surface area contributed by atoms with Gasteiger partial charge in [-0.25, -0.2) is 0 Å². The Bertz CT molecular complexity index is 502. The first kappa shape index (κ1) is 15.0. The van der Waals surface area contributed by atoms with Crippen molar-refractivity contribution >= 4 is 21.8 Å². The fraction of sp³-hybridized carbons (Fsp3) is 0.562. The standard InChI is InChI=1S/C16H22BrN3O/c17-14-4-2-1-3-13(14)15-16(21)19-9-10-20(15)11-12-5-7-18-8-6-12/h1-4,12,15,18H,5-11H2,(H,19,21). The van der Waals surface area contributed by atoms with E-state index in [9.17, 15) is 4.79 Å². The molecule has 2 saturated heterocycles. The molecule has 4 nitrogen and oxygen atoms in total. The molecule has 0 spiro atoms. The van der Waals surface area contributed by atoms with E-state index in [1.54, 1.807) is 0 Å². The van der Waals surface area contributed by atoms with Gasteiger partial charge in [0.15, 0.2) is 0 Å². The fourth-order valence-electron chi connectivity index (χ4n) is 3.34. The van der Waals surface area contributed by atoms with Gasteiger partial charge in [-0.15, -0.1) is 0 Å². The van der Waals surface area contributed by atoms with Gasteiger partial charge >= 0.3 is 0 Å². The predicted molar refractivity (Wildman–Crippen MR) is 87.1 cm³/mol. The largest absolute Gasteiger partial charge is 0.353 e. The van der Waals surface area contributed by atoms with E-state index >= 15 is 0 Å². The Labute approximate surface area is 134 Å². The molecule has 5 heteroatoms. The lowest BCUT2D eigenvalue weighted by molar-refractivity contribution is -0.129. The molecular weight excluding hydrogens is 330 g/mol. The Morgan fingerprint density at radius 3 is 2.71 bits per heavy atom. The number of hydrogen-bond acceptors (Lipinski definition) is 3. The molecule has 2 fully saturated rings. The molecule has 2 heterocycles. The molecule has 0 saturated carbocycles. The molecule has 1 aromatic carbocycles. The molecule has 114 valence electrons. The van der Waals surface area contributed by atoms with E-state index in [1.165, 1.54) is 12.8 Å². The topological polar surface area (TPSA) is 44.4 Å². The monoisotopic (exact) mass is 351 g/mol. The van der Waals surface area contributed by atoms with E-state index in [0.717, 1.165) is 42.8 Å². The molecule has 2 aliphatic heterocycles. The number of nitrogens with zero attached hydrogens (tertiary/aromatic N) is 1. The highest BCUT2D eigenvalue weighted by molar-refractivity contribution is 9.10. The lowest BCUT2D eigenvalue weighted by Gasteiger charge is -2.38. The molecule has 0 aliphatic carbocycles. The van der Waals surface area contributed by atoms with Crippen LogP contribution in [0.3, 0.4) is 0 Å². The maximum absolute atomic E-state index is 12.4. The van der Waals surface area contributed by atoms with Crippen molar-refractivity contribution in [2.45, 2.75) is 18.9 Å². The van der Waals surface area contributed by atoms with E-state index < -0.39 is 0 Å². The van der Waals surface area contributed by atoms with Crippen LogP contribution in [-0.4, -0.2) is 43.5 Å². The molecule has 0 bridgehead atoms. The molecule has 1 unspecified atom stereocenters. The summed E-state index contributed by atoms with van der Waals surface area (Å²) in [5.41, 5.74) is 1.07. The summed E-state index contributed by atoms with van der Waals surface area (Å²) in [7, 11) is 0. The van der Waals surface area contributed by atoms with Crippen LogP contribution in [0.5, 0.6) is 0 Å². The van der Waals surface area contributed by atoms with Crippen LogP contribution in [0.15, 0.2) is 28.7 Å². The minimum absolute atomic E-state index is 0.127. The number of halogens is 1. The van der Waals surface area contributed by atoms with Gasteiger partial charge in [-0.2, -0.15) is 0 Å². The Hall–Kier alpha value is -0.910. The van der Waals surface area contributed by atoms with E-state index in [2.05, 4.69) is 37.5 Å². The van der Waals surface area contributed by atoms with Gasteiger partial charge in [0.25, 0.3) is 0 Å².